The summed E-state index contributed by atoms with van der Waals surface area (Å²) in [5.41, 5.74) is 1.12. The zero-order valence-electron chi connectivity index (χ0n) is 15.4. The van der Waals surface area contributed by atoms with Gasteiger partial charge in [0.1, 0.15) is 18.2 Å². The molecule has 2 aromatic carbocycles. The lowest BCUT2D eigenvalue weighted by Crippen LogP contribution is -2.13. The van der Waals surface area contributed by atoms with Crippen LogP contribution in [-0.4, -0.2) is 43.5 Å². The Balaban J connectivity index is 1.79. The van der Waals surface area contributed by atoms with Crippen molar-refractivity contribution in [2.75, 3.05) is 25.0 Å². The Hall–Kier alpha value is -2.69. The van der Waals surface area contributed by atoms with E-state index in [1.807, 2.05) is 6.07 Å². The summed E-state index contributed by atoms with van der Waals surface area (Å²) in [6, 6.07) is 13.1. The van der Waals surface area contributed by atoms with Crippen LogP contribution in [0.25, 0.3) is 5.69 Å². The first kappa shape index (κ1) is 20.1. The van der Waals surface area contributed by atoms with Crippen LogP contribution in [0, 0.1) is 11.7 Å². The van der Waals surface area contributed by atoms with Gasteiger partial charge in [0.2, 0.25) is 0 Å². The fraction of sp³-hybridized carbons (Fsp3) is 0.222. The molecule has 0 saturated carbocycles. The molecule has 0 unspecified atom stereocenters. The minimum atomic E-state index is -3.75. The van der Waals surface area contributed by atoms with Crippen LogP contribution < -0.4 is 9.46 Å². The van der Waals surface area contributed by atoms with E-state index in [0.29, 0.717) is 40.9 Å². The van der Waals surface area contributed by atoms with Gasteiger partial charge in [0.25, 0.3) is 10.0 Å². The molecule has 0 radical (unpaired) electrons. The molecule has 3 rings (SSSR count). The van der Waals surface area contributed by atoms with Gasteiger partial charge in [-0.15, -0.1) is 0 Å². The number of aryl methyl sites for hydroxylation is 1. The smallest absolute Gasteiger partial charge is 0.261 e. The number of aromatic amines is 1. The molecule has 0 bridgehead atoms. The normalized spacial score (nSPS) is 11.4. The Labute approximate surface area is 168 Å². The van der Waals surface area contributed by atoms with Crippen molar-refractivity contribution < 1.29 is 17.9 Å². The molecule has 2 N–H and O–H groups in total. The standard InChI is InChI=1S/C18H20N4O4S2/c1-13-19-20-18(27)22(13)15-5-3-4-14(12-15)21-28(23,24)17-8-6-16(7-9-17)26-11-10-25-2/h3-9,12,21H,10-11H2,1-2H3,(H,20,27). The molecule has 0 aliphatic rings. The first-order chi connectivity index (χ1) is 13.4. The minimum Gasteiger partial charge on any atom is -0.491 e. The number of H-pyrrole nitrogens is 1. The number of anilines is 1. The second-order valence-electron chi connectivity index (χ2n) is 5.88. The predicted octanol–water partition coefficient (Wildman–Crippen LogP) is 3.06. The van der Waals surface area contributed by atoms with Crippen LogP contribution >= 0.6 is 12.2 Å². The van der Waals surface area contributed by atoms with Gasteiger partial charge in [-0.2, -0.15) is 5.10 Å². The van der Waals surface area contributed by atoms with Crippen LogP contribution in [0.3, 0.4) is 0 Å². The fourth-order valence-electron chi connectivity index (χ4n) is 2.56. The van der Waals surface area contributed by atoms with E-state index in [4.69, 9.17) is 21.7 Å². The van der Waals surface area contributed by atoms with Gasteiger partial charge in [-0.25, -0.2) is 8.42 Å². The highest BCUT2D eigenvalue weighted by molar-refractivity contribution is 7.92. The zero-order valence-corrected chi connectivity index (χ0v) is 17.0. The molecule has 0 fully saturated rings. The molecule has 3 aromatic rings. The summed E-state index contributed by atoms with van der Waals surface area (Å²) < 4.78 is 40.5. The maximum absolute atomic E-state index is 12.7. The number of nitrogens with zero attached hydrogens (tertiary/aromatic N) is 2. The summed E-state index contributed by atoms with van der Waals surface area (Å²) in [5, 5.41) is 6.78. The Morgan fingerprint density at radius 3 is 2.57 bits per heavy atom. The second kappa shape index (κ2) is 8.55. The monoisotopic (exact) mass is 420 g/mol. The van der Waals surface area contributed by atoms with Gasteiger partial charge in [0.05, 0.1) is 22.9 Å². The molecule has 0 aliphatic heterocycles. The van der Waals surface area contributed by atoms with Crippen molar-refractivity contribution >= 4 is 27.9 Å². The second-order valence-corrected chi connectivity index (χ2v) is 7.95. The van der Waals surface area contributed by atoms with Crippen LogP contribution in [0.15, 0.2) is 53.4 Å². The van der Waals surface area contributed by atoms with E-state index >= 15 is 0 Å². The van der Waals surface area contributed by atoms with E-state index < -0.39 is 10.0 Å². The first-order valence-corrected chi connectivity index (χ1v) is 10.3. The van der Waals surface area contributed by atoms with Gasteiger partial charge in [-0.3, -0.25) is 14.4 Å². The molecule has 0 spiro atoms. The number of sulfonamides is 1. The lowest BCUT2D eigenvalue weighted by molar-refractivity contribution is 0.146. The quantitative estimate of drug-likeness (QED) is 0.429. The lowest BCUT2D eigenvalue weighted by Gasteiger charge is -2.11. The maximum atomic E-state index is 12.7. The molecule has 10 heteroatoms. The van der Waals surface area contributed by atoms with Crippen LogP contribution in [0.5, 0.6) is 5.75 Å². The number of hydrogen-bond acceptors (Lipinski definition) is 6. The summed E-state index contributed by atoms with van der Waals surface area (Å²) in [6.07, 6.45) is 0. The van der Waals surface area contributed by atoms with Gasteiger partial charge in [0.15, 0.2) is 4.77 Å². The van der Waals surface area contributed by atoms with Crippen LogP contribution in [0.4, 0.5) is 5.69 Å². The molecule has 0 atom stereocenters. The molecule has 0 saturated heterocycles. The maximum Gasteiger partial charge on any atom is 0.261 e. The average Bonchev–Trinajstić information content (AvgIpc) is 3.00. The first-order valence-electron chi connectivity index (χ1n) is 8.40. The average molecular weight is 421 g/mol. The molecule has 148 valence electrons. The minimum absolute atomic E-state index is 0.132. The molecular weight excluding hydrogens is 400 g/mol. The van der Waals surface area contributed by atoms with Gasteiger partial charge in [-0.1, -0.05) is 6.07 Å². The number of aromatic nitrogens is 3. The fourth-order valence-corrected chi connectivity index (χ4v) is 3.89. The van der Waals surface area contributed by atoms with Crippen molar-refractivity contribution in [1.29, 1.82) is 0 Å². The summed E-state index contributed by atoms with van der Waals surface area (Å²) in [6.45, 7) is 2.65. The number of ether oxygens (including phenoxy) is 2. The Morgan fingerprint density at radius 2 is 1.93 bits per heavy atom. The summed E-state index contributed by atoms with van der Waals surface area (Å²) >= 11 is 5.22. The van der Waals surface area contributed by atoms with Crippen LogP contribution in [-0.2, 0) is 14.8 Å². The molecule has 1 aromatic heterocycles. The van der Waals surface area contributed by atoms with E-state index in [2.05, 4.69) is 14.9 Å². The van der Waals surface area contributed by atoms with E-state index in [9.17, 15) is 8.42 Å². The van der Waals surface area contributed by atoms with E-state index in [-0.39, 0.29) is 4.90 Å². The Bertz CT molecular complexity index is 1110. The predicted molar refractivity (Wildman–Crippen MR) is 108 cm³/mol. The molecular formula is C18H20N4O4S2. The molecule has 28 heavy (non-hydrogen) atoms. The molecule has 1 heterocycles. The largest absolute Gasteiger partial charge is 0.491 e. The SMILES string of the molecule is COCCOc1ccc(S(=O)(=O)Nc2cccc(-n3c(C)n[nH]c3=S)c2)cc1. The van der Waals surface area contributed by atoms with Crippen molar-refractivity contribution in [3.63, 3.8) is 0 Å². The van der Waals surface area contributed by atoms with Crippen molar-refractivity contribution in [3.8, 4) is 11.4 Å². The Morgan fingerprint density at radius 1 is 1.18 bits per heavy atom. The third-order valence-corrected chi connectivity index (χ3v) is 5.56. The van der Waals surface area contributed by atoms with E-state index in [1.165, 1.54) is 12.1 Å². The Kier molecular flexibility index (Phi) is 6.12. The molecule has 0 aliphatic carbocycles. The summed E-state index contributed by atoms with van der Waals surface area (Å²) in [4.78, 5) is 0.132. The van der Waals surface area contributed by atoms with Gasteiger partial charge in [-0.05, 0) is 61.6 Å². The number of methoxy groups -OCH3 is 1. The van der Waals surface area contributed by atoms with Crippen molar-refractivity contribution in [2.45, 2.75) is 11.8 Å². The molecule has 8 nitrogen and oxygen atoms in total. The zero-order chi connectivity index (χ0) is 20.1. The van der Waals surface area contributed by atoms with Crippen molar-refractivity contribution in [3.05, 3.63) is 59.1 Å². The number of rotatable bonds is 8. The van der Waals surface area contributed by atoms with E-state index in [1.54, 1.807) is 48.9 Å². The van der Waals surface area contributed by atoms with Crippen molar-refractivity contribution in [1.82, 2.24) is 14.8 Å². The molecule has 0 amide bonds. The van der Waals surface area contributed by atoms with Gasteiger partial charge in [0, 0.05) is 7.11 Å². The van der Waals surface area contributed by atoms with Crippen LogP contribution in [0.1, 0.15) is 5.82 Å². The van der Waals surface area contributed by atoms with Gasteiger partial charge < -0.3 is 9.47 Å². The number of hydrogen-bond donors (Lipinski definition) is 2. The summed E-state index contributed by atoms with van der Waals surface area (Å²) in [7, 11) is -2.17. The lowest BCUT2D eigenvalue weighted by atomic mass is 10.3. The van der Waals surface area contributed by atoms with Crippen molar-refractivity contribution in [2.24, 2.45) is 0 Å². The van der Waals surface area contributed by atoms with Gasteiger partial charge >= 0.3 is 0 Å². The number of benzene rings is 2. The third-order valence-electron chi connectivity index (χ3n) is 3.89. The highest BCUT2D eigenvalue weighted by atomic mass is 32.2. The topological polar surface area (TPSA) is 98.2 Å². The summed E-state index contributed by atoms with van der Waals surface area (Å²) in [5.74, 6) is 1.25. The number of nitrogens with one attached hydrogen (secondary N) is 2. The highest BCUT2D eigenvalue weighted by Gasteiger charge is 2.15. The highest BCUT2D eigenvalue weighted by Crippen LogP contribution is 2.21. The third kappa shape index (κ3) is 4.58. The van der Waals surface area contributed by atoms with Crippen LogP contribution in [0.2, 0.25) is 0 Å². The van der Waals surface area contributed by atoms with E-state index in [0.717, 1.165) is 0 Å².